The Morgan fingerprint density at radius 3 is 3.08 bits per heavy atom. The predicted molar refractivity (Wildman–Crippen MR) is 94.1 cm³/mol. The van der Waals surface area contributed by atoms with E-state index >= 15 is 0 Å². The lowest BCUT2D eigenvalue weighted by Gasteiger charge is -2.08. The summed E-state index contributed by atoms with van der Waals surface area (Å²) in [5.74, 6) is 1.18. The van der Waals surface area contributed by atoms with E-state index < -0.39 is 0 Å². The molecule has 1 fully saturated rings. The van der Waals surface area contributed by atoms with E-state index in [1.54, 1.807) is 10.8 Å². The number of anilines is 1. The molecule has 4 rings (SSSR count). The van der Waals surface area contributed by atoms with Gasteiger partial charge in [-0.15, -0.1) is 6.58 Å². The highest BCUT2D eigenvalue weighted by atomic mass is 16.1. The van der Waals surface area contributed by atoms with Gasteiger partial charge in [-0.3, -0.25) is 9.78 Å². The lowest BCUT2D eigenvalue weighted by atomic mass is 10.1. The van der Waals surface area contributed by atoms with E-state index in [1.165, 1.54) is 30.2 Å². The molecule has 0 radical (unpaired) electrons. The fourth-order valence-electron chi connectivity index (χ4n) is 2.86. The Balaban J connectivity index is 1.57. The number of benzene rings is 1. The highest BCUT2D eigenvalue weighted by molar-refractivity contribution is 5.74. The van der Waals surface area contributed by atoms with Gasteiger partial charge in [-0.1, -0.05) is 30.3 Å². The first-order chi connectivity index (χ1) is 11.7. The quantitative estimate of drug-likeness (QED) is 0.685. The van der Waals surface area contributed by atoms with E-state index in [0.29, 0.717) is 30.1 Å². The molecule has 0 spiro atoms. The summed E-state index contributed by atoms with van der Waals surface area (Å²) in [7, 11) is 0. The SMILES string of the molecule is C=CCn1ncc2c(=O)[nH]c(NCc3cccc(C4CC4)c3)nc21. The lowest BCUT2D eigenvalue weighted by Crippen LogP contribution is -2.14. The summed E-state index contributed by atoms with van der Waals surface area (Å²) < 4.78 is 1.66. The number of aromatic nitrogens is 4. The largest absolute Gasteiger partial charge is 0.352 e. The van der Waals surface area contributed by atoms with Crippen LogP contribution in [0.4, 0.5) is 5.95 Å². The molecule has 24 heavy (non-hydrogen) atoms. The van der Waals surface area contributed by atoms with Gasteiger partial charge in [0, 0.05) is 6.54 Å². The molecule has 1 saturated carbocycles. The Labute approximate surface area is 139 Å². The second kappa shape index (κ2) is 5.96. The molecule has 2 aromatic heterocycles. The Bertz CT molecular complexity index is 951. The fourth-order valence-corrected chi connectivity index (χ4v) is 2.86. The number of hydrogen-bond acceptors (Lipinski definition) is 4. The average Bonchev–Trinajstić information content (AvgIpc) is 3.36. The van der Waals surface area contributed by atoms with E-state index in [4.69, 9.17) is 0 Å². The minimum Gasteiger partial charge on any atom is -0.352 e. The second-order valence-corrected chi connectivity index (χ2v) is 6.14. The highest BCUT2D eigenvalue weighted by Crippen LogP contribution is 2.40. The Kier molecular flexibility index (Phi) is 3.65. The number of hydrogen-bond donors (Lipinski definition) is 2. The van der Waals surface area contributed by atoms with Crippen molar-refractivity contribution in [3.63, 3.8) is 0 Å². The van der Waals surface area contributed by atoms with Crippen LogP contribution in [0.2, 0.25) is 0 Å². The van der Waals surface area contributed by atoms with Gasteiger partial charge in [-0.05, 0) is 29.9 Å². The van der Waals surface area contributed by atoms with Crippen molar-refractivity contribution in [1.29, 1.82) is 0 Å². The molecule has 0 amide bonds. The fraction of sp³-hybridized carbons (Fsp3) is 0.278. The number of aromatic amines is 1. The summed E-state index contributed by atoms with van der Waals surface area (Å²) >= 11 is 0. The predicted octanol–water partition coefficient (Wildman–Crippen LogP) is 2.80. The molecule has 3 aromatic rings. The highest BCUT2D eigenvalue weighted by Gasteiger charge is 2.23. The Morgan fingerprint density at radius 1 is 1.42 bits per heavy atom. The van der Waals surface area contributed by atoms with Crippen molar-refractivity contribution in [2.24, 2.45) is 0 Å². The number of allylic oxidation sites excluding steroid dienone is 1. The van der Waals surface area contributed by atoms with Crippen LogP contribution >= 0.6 is 0 Å². The van der Waals surface area contributed by atoms with Gasteiger partial charge in [-0.2, -0.15) is 10.1 Å². The maximum absolute atomic E-state index is 12.2. The summed E-state index contributed by atoms with van der Waals surface area (Å²) in [4.78, 5) is 19.4. The zero-order valence-corrected chi connectivity index (χ0v) is 13.3. The van der Waals surface area contributed by atoms with Crippen LogP contribution in [0.3, 0.4) is 0 Å². The molecule has 0 bridgehead atoms. The van der Waals surface area contributed by atoms with Crippen molar-refractivity contribution in [1.82, 2.24) is 19.7 Å². The maximum atomic E-state index is 12.2. The van der Waals surface area contributed by atoms with Crippen molar-refractivity contribution in [3.8, 4) is 0 Å². The number of nitrogens with one attached hydrogen (secondary N) is 2. The van der Waals surface area contributed by atoms with Crippen molar-refractivity contribution in [2.45, 2.75) is 31.8 Å². The molecule has 0 saturated heterocycles. The number of nitrogens with zero attached hydrogens (tertiary/aromatic N) is 3. The first kappa shape index (κ1) is 14.7. The van der Waals surface area contributed by atoms with Crippen LogP contribution in [0.1, 0.15) is 29.9 Å². The van der Waals surface area contributed by atoms with Gasteiger partial charge in [0.1, 0.15) is 5.39 Å². The molecule has 1 aromatic carbocycles. The van der Waals surface area contributed by atoms with E-state index in [1.807, 2.05) is 0 Å². The molecule has 6 heteroatoms. The number of H-pyrrole nitrogens is 1. The third kappa shape index (κ3) is 2.82. The molecular weight excluding hydrogens is 302 g/mol. The van der Waals surface area contributed by atoms with E-state index in [-0.39, 0.29) is 5.56 Å². The topological polar surface area (TPSA) is 75.6 Å². The average molecular weight is 321 g/mol. The van der Waals surface area contributed by atoms with Gasteiger partial charge >= 0.3 is 0 Å². The zero-order chi connectivity index (χ0) is 16.5. The molecule has 6 nitrogen and oxygen atoms in total. The molecule has 122 valence electrons. The molecule has 1 aliphatic carbocycles. The minimum absolute atomic E-state index is 0.190. The van der Waals surface area contributed by atoms with Gasteiger partial charge in [0.05, 0.1) is 12.7 Å². The second-order valence-electron chi connectivity index (χ2n) is 6.14. The smallest absolute Gasteiger partial charge is 0.263 e. The van der Waals surface area contributed by atoms with E-state index in [9.17, 15) is 4.79 Å². The first-order valence-electron chi connectivity index (χ1n) is 8.14. The van der Waals surface area contributed by atoms with Gasteiger partial charge in [-0.25, -0.2) is 4.68 Å². The zero-order valence-electron chi connectivity index (χ0n) is 13.3. The van der Waals surface area contributed by atoms with Gasteiger partial charge in [0.25, 0.3) is 5.56 Å². The molecule has 0 unspecified atom stereocenters. The van der Waals surface area contributed by atoms with Gasteiger partial charge in [0.2, 0.25) is 5.95 Å². The monoisotopic (exact) mass is 321 g/mol. The van der Waals surface area contributed by atoms with Crippen LogP contribution in [-0.2, 0) is 13.1 Å². The normalized spacial score (nSPS) is 14.0. The summed E-state index contributed by atoms with van der Waals surface area (Å²) in [5, 5.41) is 7.87. The number of fused-ring (bicyclic) bond motifs is 1. The summed E-state index contributed by atoms with van der Waals surface area (Å²) in [6.07, 6.45) is 5.84. The van der Waals surface area contributed by atoms with E-state index in [2.05, 4.69) is 51.2 Å². The van der Waals surface area contributed by atoms with Gasteiger partial charge in [0.15, 0.2) is 5.65 Å². The lowest BCUT2D eigenvalue weighted by molar-refractivity contribution is 0.720. The van der Waals surface area contributed by atoms with Crippen LogP contribution in [-0.4, -0.2) is 19.7 Å². The molecule has 0 atom stereocenters. The van der Waals surface area contributed by atoms with Crippen LogP contribution in [0.5, 0.6) is 0 Å². The van der Waals surface area contributed by atoms with Gasteiger partial charge < -0.3 is 5.32 Å². The summed E-state index contributed by atoms with van der Waals surface area (Å²) in [6.45, 7) is 4.83. The number of rotatable bonds is 6. The maximum Gasteiger partial charge on any atom is 0.263 e. The van der Waals surface area contributed by atoms with Crippen LogP contribution in [0, 0.1) is 0 Å². The van der Waals surface area contributed by atoms with Crippen LogP contribution < -0.4 is 10.9 Å². The molecule has 2 heterocycles. The standard InChI is InChI=1S/C18H19N5O/c1-2-8-23-16-15(11-20-23)17(24)22-18(21-16)19-10-12-4-3-5-14(9-12)13-6-7-13/h2-5,9,11,13H,1,6-8,10H2,(H2,19,21,22,24). The van der Waals surface area contributed by atoms with Crippen molar-refractivity contribution >= 4 is 17.0 Å². The molecule has 1 aliphatic rings. The Hall–Kier alpha value is -2.89. The van der Waals surface area contributed by atoms with Crippen LogP contribution in [0.25, 0.3) is 11.0 Å². The summed E-state index contributed by atoms with van der Waals surface area (Å²) in [6, 6.07) is 8.57. The third-order valence-corrected chi connectivity index (χ3v) is 4.27. The molecule has 2 N–H and O–H groups in total. The molecule has 0 aliphatic heterocycles. The first-order valence-corrected chi connectivity index (χ1v) is 8.14. The summed E-state index contributed by atoms with van der Waals surface area (Å²) in [5.41, 5.74) is 2.95. The van der Waals surface area contributed by atoms with Crippen molar-refractivity contribution in [3.05, 3.63) is 64.6 Å². The minimum atomic E-state index is -0.190. The van der Waals surface area contributed by atoms with Crippen LogP contribution in [0.15, 0.2) is 47.9 Å². The Morgan fingerprint density at radius 2 is 2.29 bits per heavy atom. The molecular formula is C18H19N5O. The van der Waals surface area contributed by atoms with Crippen molar-refractivity contribution < 1.29 is 0 Å². The third-order valence-electron chi connectivity index (χ3n) is 4.27. The van der Waals surface area contributed by atoms with Crippen molar-refractivity contribution in [2.75, 3.05) is 5.32 Å². The van der Waals surface area contributed by atoms with E-state index in [0.717, 1.165) is 5.92 Å².